The molecule has 1 aliphatic heterocycles. The number of hydrogen-bond acceptors (Lipinski definition) is 3. The number of ether oxygens (including phenoxy) is 1. The zero-order valence-electron chi connectivity index (χ0n) is 16.6. The minimum Gasteiger partial charge on any atom is -0.496 e. The van der Waals surface area contributed by atoms with Gasteiger partial charge in [0.1, 0.15) is 5.75 Å². The van der Waals surface area contributed by atoms with E-state index in [2.05, 4.69) is 26.1 Å². The molecule has 1 saturated heterocycles. The molecule has 3 amide bonds. The van der Waals surface area contributed by atoms with Gasteiger partial charge in [-0.1, -0.05) is 20.8 Å². The molecule has 0 aromatic heterocycles. The van der Waals surface area contributed by atoms with Crippen molar-refractivity contribution in [1.29, 1.82) is 0 Å². The van der Waals surface area contributed by atoms with Gasteiger partial charge in [-0.05, 0) is 42.5 Å². The summed E-state index contributed by atoms with van der Waals surface area (Å²) in [4.78, 5) is 28.8. The van der Waals surface area contributed by atoms with Gasteiger partial charge >= 0.3 is 6.03 Å². The number of nitrogens with one attached hydrogen (secondary N) is 1. The Morgan fingerprint density at radius 1 is 1.12 bits per heavy atom. The van der Waals surface area contributed by atoms with E-state index in [4.69, 9.17) is 4.74 Å². The third kappa shape index (κ3) is 5.38. The summed E-state index contributed by atoms with van der Waals surface area (Å²) in [5, 5.41) is 2.99. The first kappa shape index (κ1) is 20.1. The molecule has 0 aliphatic carbocycles. The summed E-state index contributed by atoms with van der Waals surface area (Å²) in [6, 6.07) is 5.44. The van der Waals surface area contributed by atoms with E-state index in [1.165, 1.54) is 0 Å². The van der Waals surface area contributed by atoms with Gasteiger partial charge in [0.2, 0.25) is 0 Å². The lowest BCUT2D eigenvalue weighted by atomic mass is 9.97. The summed E-state index contributed by atoms with van der Waals surface area (Å²) in [5.41, 5.74) is 1.65. The topological polar surface area (TPSA) is 61.9 Å². The smallest absolute Gasteiger partial charge is 0.317 e. The maximum Gasteiger partial charge on any atom is 0.317 e. The molecule has 1 fully saturated rings. The molecule has 0 bridgehead atoms. The molecule has 2 rings (SSSR count). The highest BCUT2D eigenvalue weighted by atomic mass is 16.5. The lowest BCUT2D eigenvalue weighted by Crippen LogP contribution is -2.44. The highest BCUT2D eigenvalue weighted by Crippen LogP contribution is 2.20. The van der Waals surface area contributed by atoms with Gasteiger partial charge in [0.25, 0.3) is 5.91 Å². The van der Waals surface area contributed by atoms with Gasteiger partial charge in [0, 0.05) is 38.3 Å². The molecule has 6 heteroatoms. The molecule has 0 saturated carbocycles. The summed E-state index contributed by atoms with van der Waals surface area (Å²) in [6.45, 7) is 11.3. The number of amides is 3. The van der Waals surface area contributed by atoms with Crippen molar-refractivity contribution in [2.24, 2.45) is 5.41 Å². The molecule has 0 atom stereocenters. The van der Waals surface area contributed by atoms with Gasteiger partial charge in [-0.25, -0.2) is 4.79 Å². The lowest BCUT2D eigenvalue weighted by Gasteiger charge is -2.25. The Hall–Kier alpha value is -2.24. The molecule has 1 N–H and O–H groups in total. The van der Waals surface area contributed by atoms with Crippen LogP contribution in [0.25, 0.3) is 0 Å². The molecule has 1 aliphatic rings. The Balaban J connectivity index is 1.96. The van der Waals surface area contributed by atoms with Crippen LogP contribution in [0, 0.1) is 12.3 Å². The predicted molar refractivity (Wildman–Crippen MR) is 103 cm³/mol. The fourth-order valence-electron chi connectivity index (χ4n) is 2.97. The fraction of sp³-hybridized carbons (Fsp3) is 0.600. The second-order valence-corrected chi connectivity index (χ2v) is 8.04. The first-order valence-corrected chi connectivity index (χ1v) is 9.18. The van der Waals surface area contributed by atoms with Crippen LogP contribution in [0.4, 0.5) is 4.79 Å². The molecule has 6 nitrogen and oxygen atoms in total. The first-order chi connectivity index (χ1) is 12.2. The molecule has 0 radical (unpaired) electrons. The third-order valence-electron chi connectivity index (χ3n) is 4.48. The van der Waals surface area contributed by atoms with E-state index in [1.807, 2.05) is 24.0 Å². The number of aryl methyl sites for hydroxylation is 1. The SMILES string of the molecule is COc1ccc(C(=O)N2CCCN(C(=O)NCC(C)(C)C)CC2)cc1C. The Bertz CT molecular complexity index is 652. The second-order valence-electron chi connectivity index (χ2n) is 8.04. The molecular formula is C20H31N3O3. The minimum absolute atomic E-state index is 0.00713. The van der Waals surface area contributed by atoms with Crippen molar-refractivity contribution in [3.05, 3.63) is 29.3 Å². The predicted octanol–water partition coefficient (Wildman–Crippen LogP) is 2.91. The fourth-order valence-corrected chi connectivity index (χ4v) is 2.97. The Morgan fingerprint density at radius 3 is 2.38 bits per heavy atom. The van der Waals surface area contributed by atoms with Crippen molar-refractivity contribution < 1.29 is 14.3 Å². The number of carbonyl (C=O) groups excluding carboxylic acids is 2. The highest BCUT2D eigenvalue weighted by molar-refractivity contribution is 5.94. The van der Waals surface area contributed by atoms with E-state index in [0.717, 1.165) is 17.7 Å². The van der Waals surface area contributed by atoms with Crippen LogP contribution in [0.1, 0.15) is 43.1 Å². The number of carbonyl (C=O) groups is 2. The molecule has 1 aromatic rings. The van der Waals surface area contributed by atoms with Gasteiger partial charge < -0.3 is 19.9 Å². The normalized spacial score (nSPS) is 15.4. The number of urea groups is 1. The average Bonchev–Trinajstić information content (AvgIpc) is 2.84. The largest absolute Gasteiger partial charge is 0.496 e. The highest BCUT2D eigenvalue weighted by Gasteiger charge is 2.24. The maximum absolute atomic E-state index is 12.8. The van der Waals surface area contributed by atoms with E-state index >= 15 is 0 Å². The molecule has 0 spiro atoms. The summed E-state index contributed by atoms with van der Waals surface area (Å²) in [7, 11) is 1.62. The van der Waals surface area contributed by atoms with Crippen molar-refractivity contribution in [2.45, 2.75) is 34.1 Å². The van der Waals surface area contributed by atoms with E-state index in [9.17, 15) is 9.59 Å². The molecule has 1 heterocycles. The number of rotatable bonds is 3. The Labute approximate surface area is 156 Å². The number of nitrogens with zero attached hydrogens (tertiary/aromatic N) is 2. The summed E-state index contributed by atoms with van der Waals surface area (Å²) in [5.74, 6) is 0.784. The first-order valence-electron chi connectivity index (χ1n) is 9.18. The molecule has 0 unspecified atom stereocenters. The van der Waals surface area contributed by atoms with E-state index in [0.29, 0.717) is 38.3 Å². The standard InChI is InChI=1S/C20H31N3O3/c1-15-13-16(7-8-17(15)26-5)18(24)22-9-6-10-23(12-11-22)19(25)21-14-20(2,3)4/h7-8,13H,6,9-12,14H2,1-5H3,(H,21,25). The van der Waals surface area contributed by atoms with Crippen LogP contribution in [0.2, 0.25) is 0 Å². The molecule has 1 aromatic carbocycles. The lowest BCUT2D eigenvalue weighted by molar-refractivity contribution is 0.0762. The zero-order chi connectivity index (χ0) is 19.3. The Morgan fingerprint density at radius 2 is 1.77 bits per heavy atom. The summed E-state index contributed by atoms with van der Waals surface area (Å²) >= 11 is 0. The van der Waals surface area contributed by atoms with Crippen molar-refractivity contribution in [2.75, 3.05) is 39.8 Å². The van der Waals surface area contributed by atoms with Gasteiger partial charge in [0.15, 0.2) is 0 Å². The van der Waals surface area contributed by atoms with Crippen LogP contribution >= 0.6 is 0 Å². The Kier molecular flexibility index (Phi) is 6.51. The second kappa shape index (κ2) is 8.43. The van der Waals surface area contributed by atoms with Crippen molar-refractivity contribution >= 4 is 11.9 Å². The monoisotopic (exact) mass is 361 g/mol. The van der Waals surface area contributed by atoms with E-state index in [-0.39, 0.29) is 17.4 Å². The van der Waals surface area contributed by atoms with Crippen molar-refractivity contribution in [3.63, 3.8) is 0 Å². The van der Waals surface area contributed by atoms with Crippen molar-refractivity contribution in [3.8, 4) is 5.75 Å². The molecule has 144 valence electrons. The number of methoxy groups -OCH3 is 1. The summed E-state index contributed by atoms with van der Waals surface area (Å²) < 4.78 is 5.26. The van der Waals surface area contributed by atoms with Crippen LogP contribution in [0.5, 0.6) is 5.75 Å². The zero-order valence-corrected chi connectivity index (χ0v) is 16.6. The molecular weight excluding hydrogens is 330 g/mol. The van der Waals surface area contributed by atoms with Gasteiger partial charge in [-0.2, -0.15) is 0 Å². The molecule has 26 heavy (non-hydrogen) atoms. The van der Waals surface area contributed by atoms with E-state index in [1.54, 1.807) is 18.1 Å². The average molecular weight is 361 g/mol. The number of benzene rings is 1. The van der Waals surface area contributed by atoms with Crippen LogP contribution in [-0.4, -0.2) is 61.6 Å². The summed E-state index contributed by atoms with van der Waals surface area (Å²) in [6.07, 6.45) is 0.782. The van der Waals surface area contributed by atoms with Gasteiger partial charge in [-0.15, -0.1) is 0 Å². The van der Waals surface area contributed by atoms with Crippen LogP contribution in [0.3, 0.4) is 0 Å². The van der Waals surface area contributed by atoms with Gasteiger partial charge in [0.05, 0.1) is 7.11 Å². The quantitative estimate of drug-likeness (QED) is 0.900. The number of hydrogen-bond donors (Lipinski definition) is 1. The minimum atomic E-state index is -0.0467. The van der Waals surface area contributed by atoms with Crippen LogP contribution in [-0.2, 0) is 0 Å². The van der Waals surface area contributed by atoms with Crippen molar-refractivity contribution in [1.82, 2.24) is 15.1 Å². The van der Waals surface area contributed by atoms with Gasteiger partial charge in [-0.3, -0.25) is 4.79 Å². The van der Waals surface area contributed by atoms with Crippen LogP contribution in [0.15, 0.2) is 18.2 Å². The van der Waals surface area contributed by atoms with Crippen LogP contribution < -0.4 is 10.1 Å². The third-order valence-corrected chi connectivity index (χ3v) is 4.48. The maximum atomic E-state index is 12.8. The van der Waals surface area contributed by atoms with E-state index < -0.39 is 0 Å².